The Morgan fingerprint density at radius 2 is 1.95 bits per heavy atom. The summed E-state index contributed by atoms with van der Waals surface area (Å²) in [6.07, 6.45) is 7.03. The van der Waals surface area contributed by atoms with Gasteiger partial charge < -0.3 is 15.5 Å². The van der Waals surface area contributed by atoms with Gasteiger partial charge >= 0.3 is 0 Å². The lowest BCUT2D eigenvalue weighted by Gasteiger charge is -2.35. The number of nitrogens with two attached hydrogens (primary N) is 1. The predicted octanol–water partition coefficient (Wildman–Crippen LogP) is 1.68. The van der Waals surface area contributed by atoms with Crippen LogP contribution in [-0.2, 0) is 0 Å². The number of nitrogen functional groups attached to an aromatic ring is 1. The first kappa shape index (κ1) is 14.3. The third-order valence-electron chi connectivity index (χ3n) is 4.71. The number of anilines is 1. The first-order chi connectivity index (χ1) is 10.2. The quantitative estimate of drug-likeness (QED) is 0.653. The van der Waals surface area contributed by atoms with E-state index in [4.69, 9.17) is 11.1 Å². The molecule has 0 unspecified atom stereocenters. The van der Waals surface area contributed by atoms with Crippen LogP contribution in [0, 0.1) is 11.3 Å². The average molecular weight is 287 g/mol. The molecule has 114 valence electrons. The number of aromatic nitrogens is 1. The number of nitrogens with zero attached hydrogens (tertiary/aromatic N) is 3. The molecule has 0 bridgehead atoms. The number of rotatable bonds is 4. The standard InChI is InChI=1S/C16H25N5/c17-16(18)15-11-14(3-6-19-15)21-9-4-13(5-10-21)12-20-7-1-2-8-20/h3,6,11,13H,1-2,4-5,7-10,12H2,(H3,17,18). The van der Waals surface area contributed by atoms with Gasteiger partial charge in [-0.2, -0.15) is 0 Å². The zero-order valence-corrected chi connectivity index (χ0v) is 12.6. The molecule has 1 aromatic rings. The summed E-state index contributed by atoms with van der Waals surface area (Å²) in [6.45, 7) is 6.07. The minimum Gasteiger partial charge on any atom is -0.382 e. The van der Waals surface area contributed by atoms with Gasteiger partial charge in [0, 0.05) is 31.5 Å². The molecule has 3 N–H and O–H groups in total. The van der Waals surface area contributed by atoms with Crippen molar-refractivity contribution in [1.29, 1.82) is 5.41 Å². The molecule has 21 heavy (non-hydrogen) atoms. The summed E-state index contributed by atoms with van der Waals surface area (Å²) in [6, 6.07) is 3.95. The number of likely N-dealkylation sites (tertiary alicyclic amines) is 1. The Morgan fingerprint density at radius 1 is 1.24 bits per heavy atom. The molecular weight excluding hydrogens is 262 g/mol. The van der Waals surface area contributed by atoms with Gasteiger partial charge in [-0.25, -0.2) is 0 Å². The molecule has 0 aromatic carbocycles. The molecule has 2 aliphatic rings. The molecule has 3 rings (SSSR count). The van der Waals surface area contributed by atoms with Crippen LogP contribution in [-0.4, -0.2) is 48.4 Å². The lowest BCUT2D eigenvalue weighted by atomic mass is 9.96. The van der Waals surface area contributed by atoms with Gasteiger partial charge in [0.15, 0.2) is 0 Å². The zero-order chi connectivity index (χ0) is 14.7. The second-order valence-electron chi connectivity index (χ2n) is 6.25. The van der Waals surface area contributed by atoms with E-state index in [0.717, 1.165) is 24.7 Å². The normalized spacial score (nSPS) is 20.9. The summed E-state index contributed by atoms with van der Waals surface area (Å²) in [5.74, 6) is 0.884. The van der Waals surface area contributed by atoms with Gasteiger partial charge in [0.2, 0.25) is 0 Å². The fourth-order valence-corrected chi connectivity index (χ4v) is 3.47. The first-order valence-corrected chi connectivity index (χ1v) is 8.00. The van der Waals surface area contributed by atoms with E-state index in [9.17, 15) is 0 Å². The maximum atomic E-state index is 7.49. The number of hydrogen-bond acceptors (Lipinski definition) is 4. The van der Waals surface area contributed by atoms with Gasteiger partial charge in [-0.05, 0) is 56.8 Å². The van der Waals surface area contributed by atoms with Crippen molar-refractivity contribution in [3.05, 3.63) is 24.0 Å². The van der Waals surface area contributed by atoms with Crippen molar-refractivity contribution < 1.29 is 0 Å². The fraction of sp³-hybridized carbons (Fsp3) is 0.625. The van der Waals surface area contributed by atoms with Crippen molar-refractivity contribution in [1.82, 2.24) is 9.88 Å². The molecule has 3 heterocycles. The summed E-state index contributed by atoms with van der Waals surface area (Å²) in [4.78, 5) is 9.16. The lowest BCUT2D eigenvalue weighted by molar-refractivity contribution is 0.249. The van der Waals surface area contributed by atoms with Crippen molar-refractivity contribution in [3.8, 4) is 0 Å². The van der Waals surface area contributed by atoms with Gasteiger partial charge in [-0.3, -0.25) is 10.4 Å². The second-order valence-corrected chi connectivity index (χ2v) is 6.25. The molecule has 2 aliphatic heterocycles. The summed E-state index contributed by atoms with van der Waals surface area (Å²) >= 11 is 0. The molecule has 2 fully saturated rings. The molecule has 0 saturated carbocycles. The molecule has 0 radical (unpaired) electrons. The molecule has 0 amide bonds. The van der Waals surface area contributed by atoms with Crippen LogP contribution in [0.15, 0.2) is 18.3 Å². The molecule has 5 nitrogen and oxygen atoms in total. The highest BCUT2D eigenvalue weighted by atomic mass is 15.2. The molecule has 0 spiro atoms. The summed E-state index contributed by atoms with van der Waals surface area (Å²) in [7, 11) is 0. The SMILES string of the molecule is N=C(N)c1cc(N2CCC(CN3CCCC3)CC2)ccn1. The Morgan fingerprint density at radius 3 is 2.62 bits per heavy atom. The van der Waals surface area contributed by atoms with E-state index in [0.29, 0.717) is 5.69 Å². The Hall–Kier alpha value is -1.62. The molecular formula is C16H25N5. The van der Waals surface area contributed by atoms with Crippen LogP contribution in [0.2, 0.25) is 0 Å². The first-order valence-electron chi connectivity index (χ1n) is 8.00. The van der Waals surface area contributed by atoms with E-state index in [1.54, 1.807) is 6.20 Å². The topological polar surface area (TPSA) is 69.2 Å². The largest absolute Gasteiger partial charge is 0.382 e. The van der Waals surface area contributed by atoms with E-state index in [-0.39, 0.29) is 5.84 Å². The van der Waals surface area contributed by atoms with E-state index in [1.807, 2.05) is 12.1 Å². The number of nitrogens with one attached hydrogen (secondary N) is 1. The molecule has 1 aromatic heterocycles. The van der Waals surface area contributed by atoms with Crippen LogP contribution in [0.1, 0.15) is 31.4 Å². The monoisotopic (exact) mass is 287 g/mol. The lowest BCUT2D eigenvalue weighted by Crippen LogP contribution is -2.38. The summed E-state index contributed by atoms with van der Waals surface area (Å²) in [5.41, 5.74) is 7.25. The Labute approximate surface area is 126 Å². The highest BCUT2D eigenvalue weighted by molar-refractivity contribution is 5.93. The predicted molar refractivity (Wildman–Crippen MR) is 85.9 cm³/mol. The number of pyridine rings is 1. The van der Waals surface area contributed by atoms with Crippen LogP contribution in [0.25, 0.3) is 0 Å². The van der Waals surface area contributed by atoms with Crippen LogP contribution >= 0.6 is 0 Å². The Balaban J connectivity index is 1.55. The number of amidine groups is 1. The number of piperidine rings is 1. The zero-order valence-electron chi connectivity index (χ0n) is 12.6. The Kier molecular flexibility index (Phi) is 4.39. The maximum absolute atomic E-state index is 7.49. The highest BCUT2D eigenvalue weighted by Gasteiger charge is 2.23. The third-order valence-corrected chi connectivity index (χ3v) is 4.71. The van der Waals surface area contributed by atoms with Gasteiger partial charge in [-0.15, -0.1) is 0 Å². The second kappa shape index (κ2) is 6.43. The van der Waals surface area contributed by atoms with Crippen LogP contribution < -0.4 is 10.6 Å². The number of hydrogen-bond donors (Lipinski definition) is 2. The van der Waals surface area contributed by atoms with E-state index in [1.165, 1.54) is 45.3 Å². The summed E-state index contributed by atoms with van der Waals surface area (Å²) in [5, 5.41) is 7.49. The smallest absolute Gasteiger partial charge is 0.141 e. The molecule has 5 heteroatoms. The van der Waals surface area contributed by atoms with Crippen molar-refractivity contribution in [3.63, 3.8) is 0 Å². The van der Waals surface area contributed by atoms with Crippen molar-refractivity contribution >= 4 is 11.5 Å². The minimum atomic E-state index is 0.0424. The van der Waals surface area contributed by atoms with Gasteiger partial charge in [0.25, 0.3) is 0 Å². The van der Waals surface area contributed by atoms with Crippen molar-refractivity contribution in [2.75, 3.05) is 37.6 Å². The minimum absolute atomic E-state index is 0.0424. The maximum Gasteiger partial charge on any atom is 0.141 e. The Bertz CT molecular complexity index is 487. The van der Waals surface area contributed by atoms with Gasteiger partial charge in [-0.1, -0.05) is 0 Å². The summed E-state index contributed by atoms with van der Waals surface area (Å²) < 4.78 is 0. The van der Waals surface area contributed by atoms with E-state index in [2.05, 4.69) is 14.8 Å². The van der Waals surface area contributed by atoms with Crippen LogP contribution in [0.5, 0.6) is 0 Å². The van der Waals surface area contributed by atoms with Crippen molar-refractivity contribution in [2.24, 2.45) is 11.7 Å². The van der Waals surface area contributed by atoms with E-state index < -0.39 is 0 Å². The molecule has 0 atom stereocenters. The highest BCUT2D eigenvalue weighted by Crippen LogP contribution is 2.25. The molecule has 2 saturated heterocycles. The fourth-order valence-electron chi connectivity index (χ4n) is 3.47. The van der Waals surface area contributed by atoms with Crippen molar-refractivity contribution in [2.45, 2.75) is 25.7 Å². The third kappa shape index (κ3) is 3.53. The average Bonchev–Trinajstić information content (AvgIpc) is 3.01. The van der Waals surface area contributed by atoms with Gasteiger partial charge in [0.05, 0.1) is 0 Å². The van der Waals surface area contributed by atoms with Crippen LogP contribution in [0.4, 0.5) is 5.69 Å². The molecule has 0 aliphatic carbocycles. The van der Waals surface area contributed by atoms with Crippen LogP contribution in [0.3, 0.4) is 0 Å². The van der Waals surface area contributed by atoms with Gasteiger partial charge in [0.1, 0.15) is 11.5 Å². The van der Waals surface area contributed by atoms with E-state index >= 15 is 0 Å².